The highest BCUT2D eigenvalue weighted by Crippen LogP contribution is 2.34. The Labute approximate surface area is 113 Å². The van der Waals surface area contributed by atoms with Crippen LogP contribution in [0.3, 0.4) is 0 Å². The molecule has 0 saturated heterocycles. The Balaban J connectivity index is 2.35. The van der Waals surface area contributed by atoms with E-state index in [1.807, 2.05) is 0 Å². The minimum atomic E-state index is -0.471. The van der Waals surface area contributed by atoms with Gasteiger partial charge in [-0.25, -0.2) is 0 Å². The summed E-state index contributed by atoms with van der Waals surface area (Å²) in [5, 5.41) is 0. The van der Waals surface area contributed by atoms with E-state index in [2.05, 4.69) is 13.8 Å². The molecule has 1 heterocycles. The summed E-state index contributed by atoms with van der Waals surface area (Å²) >= 11 is 0. The van der Waals surface area contributed by atoms with E-state index in [0.717, 1.165) is 12.7 Å². The molecule has 1 aliphatic heterocycles. The fourth-order valence-electron chi connectivity index (χ4n) is 2.12. The SMILES string of the molecule is CC(C)CCN1C(=O)C(C)Oc2ccc(C=O)cc21. The summed E-state index contributed by atoms with van der Waals surface area (Å²) in [6.07, 6.45) is 1.23. The molecule has 4 nitrogen and oxygen atoms in total. The van der Waals surface area contributed by atoms with E-state index in [9.17, 15) is 9.59 Å². The molecule has 1 aliphatic rings. The van der Waals surface area contributed by atoms with Gasteiger partial charge in [-0.3, -0.25) is 9.59 Å². The summed E-state index contributed by atoms with van der Waals surface area (Å²) < 4.78 is 5.57. The van der Waals surface area contributed by atoms with E-state index in [0.29, 0.717) is 29.5 Å². The van der Waals surface area contributed by atoms with Crippen molar-refractivity contribution in [3.05, 3.63) is 23.8 Å². The number of nitrogens with zero attached hydrogens (tertiary/aromatic N) is 1. The van der Waals surface area contributed by atoms with Crippen molar-refractivity contribution in [2.24, 2.45) is 5.92 Å². The molecule has 19 heavy (non-hydrogen) atoms. The number of carbonyl (C=O) groups excluding carboxylic acids is 2. The fourth-order valence-corrected chi connectivity index (χ4v) is 2.12. The third kappa shape index (κ3) is 2.78. The maximum atomic E-state index is 12.2. The molecule has 1 amide bonds. The first-order valence-corrected chi connectivity index (χ1v) is 6.60. The molecule has 1 aromatic carbocycles. The van der Waals surface area contributed by atoms with Crippen molar-refractivity contribution >= 4 is 17.9 Å². The van der Waals surface area contributed by atoms with Gasteiger partial charge in [-0.05, 0) is 37.5 Å². The van der Waals surface area contributed by atoms with E-state index in [-0.39, 0.29) is 5.91 Å². The minimum Gasteiger partial charge on any atom is -0.479 e. The molecule has 0 spiro atoms. The van der Waals surface area contributed by atoms with Gasteiger partial charge in [0.25, 0.3) is 5.91 Å². The number of carbonyl (C=O) groups is 2. The molecule has 0 radical (unpaired) electrons. The molecule has 0 aliphatic carbocycles. The number of aldehydes is 1. The molecule has 0 N–H and O–H groups in total. The van der Waals surface area contributed by atoms with Crippen molar-refractivity contribution < 1.29 is 14.3 Å². The average Bonchev–Trinajstić information content (AvgIpc) is 2.38. The van der Waals surface area contributed by atoms with E-state index in [4.69, 9.17) is 4.74 Å². The van der Waals surface area contributed by atoms with E-state index >= 15 is 0 Å². The van der Waals surface area contributed by atoms with Gasteiger partial charge >= 0.3 is 0 Å². The number of hydrogen-bond donors (Lipinski definition) is 0. The normalized spacial score (nSPS) is 18.2. The van der Waals surface area contributed by atoms with Crippen molar-refractivity contribution in [3.8, 4) is 5.75 Å². The van der Waals surface area contributed by atoms with E-state index < -0.39 is 6.10 Å². The number of fused-ring (bicyclic) bond motifs is 1. The van der Waals surface area contributed by atoms with Gasteiger partial charge in [-0.2, -0.15) is 0 Å². The van der Waals surface area contributed by atoms with Gasteiger partial charge in [0.05, 0.1) is 5.69 Å². The number of benzene rings is 1. The van der Waals surface area contributed by atoms with Crippen LogP contribution in [-0.2, 0) is 4.79 Å². The number of rotatable bonds is 4. The second kappa shape index (κ2) is 5.43. The standard InChI is InChI=1S/C15H19NO3/c1-10(2)6-7-16-13-8-12(9-17)4-5-14(13)19-11(3)15(16)18/h4-5,8-11H,6-7H2,1-3H3. The molecule has 2 rings (SSSR count). The molecule has 102 valence electrons. The van der Waals surface area contributed by atoms with Crippen LogP contribution in [0.1, 0.15) is 37.6 Å². The molecule has 1 unspecified atom stereocenters. The topological polar surface area (TPSA) is 46.6 Å². The summed E-state index contributed by atoms with van der Waals surface area (Å²) in [5.41, 5.74) is 1.26. The molecule has 0 aromatic heterocycles. The van der Waals surface area contributed by atoms with Crippen molar-refractivity contribution in [2.45, 2.75) is 33.3 Å². The van der Waals surface area contributed by atoms with Gasteiger partial charge in [0.1, 0.15) is 12.0 Å². The molecular weight excluding hydrogens is 242 g/mol. The van der Waals surface area contributed by atoms with Crippen LogP contribution in [0.2, 0.25) is 0 Å². The quantitative estimate of drug-likeness (QED) is 0.783. The van der Waals surface area contributed by atoms with Gasteiger partial charge in [0, 0.05) is 12.1 Å². The maximum absolute atomic E-state index is 12.2. The van der Waals surface area contributed by atoms with Gasteiger partial charge in [-0.1, -0.05) is 13.8 Å². The van der Waals surface area contributed by atoms with Gasteiger partial charge in [0.15, 0.2) is 6.10 Å². The Morgan fingerprint density at radius 2 is 2.16 bits per heavy atom. The molecule has 1 atom stereocenters. The molecule has 4 heteroatoms. The van der Waals surface area contributed by atoms with Gasteiger partial charge < -0.3 is 9.64 Å². The number of ether oxygens (including phenoxy) is 1. The van der Waals surface area contributed by atoms with Crippen molar-refractivity contribution in [1.82, 2.24) is 0 Å². The van der Waals surface area contributed by atoms with Crippen LogP contribution in [0.5, 0.6) is 5.75 Å². The summed E-state index contributed by atoms with van der Waals surface area (Å²) in [5.74, 6) is 1.14. The highest BCUT2D eigenvalue weighted by Gasteiger charge is 2.31. The zero-order valence-corrected chi connectivity index (χ0v) is 11.6. The maximum Gasteiger partial charge on any atom is 0.267 e. The second-order valence-electron chi connectivity index (χ2n) is 5.28. The Morgan fingerprint density at radius 3 is 2.79 bits per heavy atom. The smallest absolute Gasteiger partial charge is 0.267 e. The van der Waals surface area contributed by atoms with Crippen LogP contribution in [0.4, 0.5) is 5.69 Å². The first kappa shape index (κ1) is 13.6. The van der Waals surface area contributed by atoms with Crippen molar-refractivity contribution in [2.75, 3.05) is 11.4 Å². The van der Waals surface area contributed by atoms with E-state index in [1.165, 1.54) is 0 Å². The first-order valence-electron chi connectivity index (χ1n) is 6.60. The summed E-state index contributed by atoms with van der Waals surface area (Å²) in [6.45, 7) is 6.65. The summed E-state index contributed by atoms with van der Waals surface area (Å²) in [4.78, 5) is 24.8. The van der Waals surface area contributed by atoms with Crippen LogP contribution in [-0.4, -0.2) is 24.8 Å². The zero-order valence-electron chi connectivity index (χ0n) is 11.6. The highest BCUT2D eigenvalue weighted by molar-refractivity contribution is 6.00. The molecule has 0 bridgehead atoms. The second-order valence-corrected chi connectivity index (χ2v) is 5.28. The Hall–Kier alpha value is -1.84. The minimum absolute atomic E-state index is 0.0452. The first-order chi connectivity index (χ1) is 9.02. The van der Waals surface area contributed by atoms with Gasteiger partial charge in [-0.15, -0.1) is 0 Å². The lowest BCUT2D eigenvalue weighted by Crippen LogP contribution is -2.45. The third-order valence-corrected chi connectivity index (χ3v) is 3.26. The Morgan fingerprint density at radius 1 is 1.42 bits per heavy atom. The zero-order chi connectivity index (χ0) is 14.0. The lowest BCUT2D eigenvalue weighted by atomic mass is 10.1. The molecule has 0 fully saturated rings. The predicted octanol–water partition coefficient (Wildman–Crippen LogP) is 2.66. The molecule has 0 saturated carbocycles. The van der Waals surface area contributed by atoms with E-state index in [1.54, 1.807) is 30.0 Å². The summed E-state index contributed by atoms with van der Waals surface area (Å²) in [6, 6.07) is 5.17. The van der Waals surface area contributed by atoms with Crippen molar-refractivity contribution in [3.63, 3.8) is 0 Å². The lowest BCUT2D eigenvalue weighted by molar-refractivity contribution is -0.125. The van der Waals surface area contributed by atoms with Crippen LogP contribution in [0, 0.1) is 5.92 Å². The van der Waals surface area contributed by atoms with Crippen LogP contribution in [0.25, 0.3) is 0 Å². The third-order valence-electron chi connectivity index (χ3n) is 3.26. The van der Waals surface area contributed by atoms with Crippen LogP contribution < -0.4 is 9.64 Å². The van der Waals surface area contributed by atoms with Crippen LogP contribution in [0.15, 0.2) is 18.2 Å². The Kier molecular flexibility index (Phi) is 3.88. The largest absolute Gasteiger partial charge is 0.479 e. The predicted molar refractivity (Wildman–Crippen MR) is 73.7 cm³/mol. The van der Waals surface area contributed by atoms with Gasteiger partial charge in [0.2, 0.25) is 0 Å². The monoisotopic (exact) mass is 261 g/mol. The molecule has 1 aromatic rings. The number of amides is 1. The summed E-state index contributed by atoms with van der Waals surface area (Å²) in [7, 11) is 0. The Bertz CT molecular complexity index is 496. The molecular formula is C15H19NO3. The van der Waals surface area contributed by atoms with Crippen LogP contribution >= 0.6 is 0 Å². The highest BCUT2D eigenvalue weighted by atomic mass is 16.5. The fraction of sp³-hybridized carbons (Fsp3) is 0.467. The lowest BCUT2D eigenvalue weighted by Gasteiger charge is -2.33. The van der Waals surface area contributed by atoms with Crippen molar-refractivity contribution in [1.29, 1.82) is 0 Å². The average molecular weight is 261 g/mol. The number of hydrogen-bond acceptors (Lipinski definition) is 3. The number of anilines is 1.